The van der Waals surface area contributed by atoms with Crippen LogP contribution in [0, 0.1) is 0 Å². The molecule has 0 saturated carbocycles. The number of carbonyl (C=O) groups excluding carboxylic acids is 1. The van der Waals surface area contributed by atoms with E-state index in [4.69, 9.17) is 23.7 Å². The van der Waals surface area contributed by atoms with E-state index in [0.717, 1.165) is 18.5 Å². The predicted octanol–water partition coefficient (Wildman–Crippen LogP) is 7.84. The Morgan fingerprint density at radius 1 is 0.857 bits per heavy atom. The van der Waals surface area contributed by atoms with Crippen molar-refractivity contribution in [1.82, 2.24) is 5.32 Å². The zero-order valence-electron chi connectivity index (χ0n) is 27.0. The summed E-state index contributed by atoms with van der Waals surface area (Å²) in [5.41, 5.74) is 1.08. The molecule has 0 bridgehead atoms. The van der Waals surface area contributed by atoms with Crippen LogP contribution in [0.3, 0.4) is 0 Å². The lowest BCUT2D eigenvalue weighted by atomic mass is 10.00. The van der Waals surface area contributed by atoms with Crippen LogP contribution in [0.4, 0.5) is 0 Å². The van der Waals surface area contributed by atoms with E-state index in [9.17, 15) is 4.79 Å². The van der Waals surface area contributed by atoms with Gasteiger partial charge in [-0.15, -0.1) is 0 Å². The van der Waals surface area contributed by atoms with Crippen molar-refractivity contribution in [3.05, 3.63) is 35.9 Å². The van der Waals surface area contributed by atoms with Gasteiger partial charge in [0.05, 0.1) is 19.6 Å². The number of fused-ring (bicyclic) bond motifs is 1. The Labute approximate surface area is 255 Å². The Kier molecular flexibility index (Phi) is 16.4. The first-order valence-electron chi connectivity index (χ1n) is 17.0. The summed E-state index contributed by atoms with van der Waals surface area (Å²) in [6.07, 6.45) is 17.2. The Morgan fingerprint density at radius 2 is 1.45 bits per heavy atom. The molecule has 1 aromatic rings. The van der Waals surface area contributed by atoms with Crippen LogP contribution in [-0.4, -0.2) is 55.6 Å². The van der Waals surface area contributed by atoms with Crippen LogP contribution in [-0.2, 0) is 35.1 Å². The quantitative estimate of drug-likeness (QED) is 0.103. The lowest BCUT2D eigenvalue weighted by Crippen LogP contribution is -2.50. The van der Waals surface area contributed by atoms with Gasteiger partial charge in [-0.3, -0.25) is 4.79 Å². The SMILES string of the molecule is CCCCCCCCCCCCCCCCN[C@@H](CC(=O)OCC)[C@H]1O[C@@H]2OC(C)(C)O[C@@H]2[C@H]1OCc1ccccc1. The van der Waals surface area contributed by atoms with Crippen molar-refractivity contribution in [2.24, 2.45) is 0 Å². The molecule has 0 spiro atoms. The van der Waals surface area contributed by atoms with E-state index in [0.29, 0.717) is 13.2 Å². The van der Waals surface area contributed by atoms with Gasteiger partial charge >= 0.3 is 5.97 Å². The van der Waals surface area contributed by atoms with Crippen molar-refractivity contribution >= 4 is 5.97 Å². The number of carbonyl (C=O) groups is 1. The standard InChI is InChI=1S/C35H59NO6/c1-5-7-8-9-10-11-12-13-14-15-16-17-18-22-25-36-29(26-30(37)38-6-2)31-32(39-27-28-23-20-19-21-24-28)33-34(40-31)42-35(3,4)41-33/h19-21,23-24,29,31-34,36H,5-18,22,25-27H2,1-4H3/t29-,31+,32-,33+,34+/m0/s1. The van der Waals surface area contributed by atoms with Gasteiger partial charge in [0, 0.05) is 6.04 Å². The maximum absolute atomic E-state index is 12.6. The van der Waals surface area contributed by atoms with E-state index in [1.807, 2.05) is 51.1 Å². The van der Waals surface area contributed by atoms with Crippen LogP contribution < -0.4 is 5.32 Å². The fourth-order valence-electron chi connectivity index (χ4n) is 6.10. The second kappa shape index (κ2) is 19.7. The molecule has 0 aliphatic carbocycles. The molecular weight excluding hydrogens is 530 g/mol. The molecule has 7 nitrogen and oxygen atoms in total. The summed E-state index contributed by atoms with van der Waals surface area (Å²) in [6, 6.07) is 9.83. The average Bonchev–Trinajstić information content (AvgIpc) is 3.45. The topological polar surface area (TPSA) is 75.3 Å². The largest absolute Gasteiger partial charge is 0.466 e. The lowest BCUT2D eigenvalue weighted by Gasteiger charge is -2.31. The van der Waals surface area contributed by atoms with Crippen molar-refractivity contribution in [3.63, 3.8) is 0 Å². The fraction of sp³-hybridized carbons (Fsp3) is 0.800. The third-order valence-electron chi connectivity index (χ3n) is 8.34. The average molecular weight is 590 g/mol. The van der Waals surface area contributed by atoms with E-state index in [1.54, 1.807) is 0 Å². The molecule has 2 heterocycles. The first-order chi connectivity index (χ1) is 20.4. The van der Waals surface area contributed by atoms with Crippen LogP contribution in [0.15, 0.2) is 30.3 Å². The zero-order valence-corrected chi connectivity index (χ0v) is 27.0. The minimum atomic E-state index is -0.743. The number of unbranched alkanes of at least 4 members (excludes halogenated alkanes) is 13. The van der Waals surface area contributed by atoms with Crippen molar-refractivity contribution in [3.8, 4) is 0 Å². The number of rotatable bonds is 23. The van der Waals surface area contributed by atoms with Gasteiger partial charge in [-0.2, -0.15) is 0 Å². The first kappa shape index (κ1) is 35.0. The van der Waals surface area contributed by atoms with Crippen molar-refractivity contribution in [1.29, 1.82) is 0 Å². The van der Waals surface area contributed by atoms with Gasteiger partial charge in [0.25, 0.3) is 0 Å². The highest BCUT2D eigenvalue weighted by Crippen LogP contribution is 2.40. The molecule has 2 aliphatic heterocycles. The number of hydrogen-bond donors (Lipinski definition) is 1. The third kappa shape index (κ3) is 12.6. The Bertz CT molecular complexity index is 849. The normalized spacial score (nSPS) is 23.6. The number of ether oxygens (including phenoxy) is 5. The van der Waals surface area contributed by atoms with E-state index in [1.165, 1.54) is 83.5 Å². The molecule has 0 amide bonds. The van der Waals surface area contributed by atoms with Crippen LogP contribution in [0.1, 0.15) is 130 Å². The van der Waals surface area contributed by atoms with Crippen molar-refractivity contribution in [2.45, 2.75) is 167 Å². The van der Waals surface area contributed by atoms with Gasteiger partial charge in [0.2, 0.25) is 0 Å². The van der Waals surface area contributed by atoms with Crippen LogP contribution in [0.5, 0.6) is 0 Å². The summed E-state index contributed by atoms with van der Waals surface area (Å²) in [5.74, 6) is -0.979. The van der Waals surface area contributed by atoms with E-state index >= 15 is 0 Å². The van der Waals surface area contributed by atoms with Gasteiger partial charge < -0.3 is 29.0 Å². The molecule has 5 atom stereocenters. The van der Waals surface area contributed by atoms with Crippen molar-refractivity contribution in [2.75, 3.05) is 13.2 Å². The maximum atomic E-state index is 12.6. The maximum Gasteiger partial charge on any atom is 0.307 e. The second-order valence-electron chi connectivity index (χ2n) is 12.5. The third-order valence-corrected chi connectivity index (χ3v) is 8.34. The predicted molar refractivity (Wildman–Crippen MR) is 167 cm³/mol. The molecule has 3 rings (SSSR count). The molecule has 2 aliphatic rings. The summed E-state index contributed by atoms with van der Waals surface area (Å²) in [5, 5.41) is 3.62. The molecule has 2 saturated heterocycles. The minimum absolute atomic E-state index is 0.213. The van der Waals surface area contributed by atoms with E-state index < -0.39 is 18.2 Å². The number of nitrogens with one attached hydrogen (secondary N) is 1. The molecule has 240 valence electrons. The van der Waals surface area contributed by atoms with E-state index in [2.05, 4.69) is 12.2 Å². The van der Waals surface area contributed by atoms with Gasteiger partial charge in [-0.25, -0.2) is 0 Å². The lowest BCUT2D eigenvalue weighted by molar-refractivity contribution is -0.223. The highest BCUT2D eigenvalue weighted by Gasteiger charge is 2.57. The van der Waals surface area contributed by atoms with Gasteiger partial charge in [-0.1, -0.05) is 121 Å². The summed E-state index contributed by atoms with van der Waals surface area (Å²) in [7, 11) is 0. The Morgan fingerprint density at radius 3 is 2.05 bits per heavy atom. The first-order valence-corrected chi connectivity index (χ1v) is 17.0. The Hall–Kier alpha value is -1.51. The molecule has 2 fully saturated rings. The van der Waals surface area contributed by atoms with Crippen molar-refractivity contribution < 1.29 is 28.5 Å². The summed E-state index contributed by atoms with van der Waals surface area (Å²) in [4.78, 5) is 12.6. The van der Waals surface area contributed by atoms with Crippen LogP contribution in [0.2, 0.25) is 0 Å². The second-order valence-corrected chi connectivity index (χ2v) is 12.5. The van der Waals surface area contributed by atoms with Gasteiger partial charge in [0.15, 0.2) is 12.1 Å². The zero-order chi connectivity index (χ0) is 30.0. The van der Waals surface area contributed by atoms with Gasteiger partial charge in [-0.05, 0) is 39.3 Å². The summed E-state index contributed by atoms with van der Waals surface area (Å²) in [6.45, 7) is 9.50. The highest BCUT2D eigenvalue weighted by atomic mass is 16.8. The molecule has 7 heteroatoms. The highest BCUT2D eigenvalue weighted by molar-refractivity contribution is 5.70. The number of esters is 1. The number of benzene rings is 1. The summed E-state index contributed by atoms with van der Waals surface area (Å²) < 4.78 is 30.4. The molecule has 0 radical (unpaired) electrons. The molecule has 1 aromatic carbocycles. The van der Waals surface area contributed by atoms with E-state index in [-0.39, 0.29) is 30.6 Å². The Balaban J connectivity index is 1.42. The minimum Gasteiger partial charge on any atom is -0.466 e. The molecular formula is C35H59NO6. The van der Waals surface area contributed by atoms with Gasteiger partial charge in [0.1, 0.15) is 18.3 Å². The smallest absolute Gasteiger partial charge is 0.307 e. The van der Waals surface area contributed by atoms with Crippen LogP contribution >= 0.6 is 0 Å². The monoisotopic (exact) mass is 589 g/mol. The number of hydrogen-bond acceptors (Lipinski definition) is 7. The summed E-state index contributed by atoms with van der Waals surface area (Å²) >= 11 is 0. The molecule has 0 unspecified atom stereocenters. The van der Waals surface area contributed by atoms with Crippen LogP contribution in [0.25, 0.3) is 0 Å². The molecule has 42 heavy (non-hydrogen) atoms. The molecule has 0 aromatic heterocycles. The molecule has 1 N–H and O–H groups in total. The fourth-order valence-corrected chi connectivity index (χ4v) is 6.10.